The minimum atomic E-state index is 0.101. The summed E-state index contributed by atoms with van der Waals surface area (Å²) in [6.45, 7) is 1.50. The molecule has 1 aromatic rings. The zero-order valence-electron chi connectivity index (χ0n) is 8.74. The number of nitrogens with zero attached hydrogens (tertiary/aromatic N) is 1. The lowest BCUT2D eigenvalue weighted by Gasteiger charge is -2.13. The molecule has 16 heavy (non-hydrogen) atoms. The number of carbonyl (C=O) groups is 2. The first-order chi connectivity index (χ1) is 7.70. The van der Waals surface area contributed by atoms with Crippen LogP contribution in [0, 0.1) is 0 Å². The summed E-state index contributed by atoms with van der Waals surface area (Å²) in [5.74, 6) is 0.325. The van der Waals surface area contributed by atoms with E-state index in [-0.39, 0.29) is 11.7 Å². The highest BCUT2D eigenvalue weighted by molar-refractivity contribution is 9.09. The Labute approximate surface area is 107 Å². The number of amides is 1. The first kappa shape index (κ1) is 11.8. The molecule has 0 atom stereocenters. The van der Waals surface area contributed by atoms with Crippen LogP contribution in [0.4, 0.5) is 0 Å². The predicted octanol–water partition coefficient (Wildman–Crippen LogP) is 2.45. The number of carbonyl (C=O) groups excluding carboxylic acids is 2. The minimum Gasteiger partial charge on any atom is -0.338 e. The minimum absolute atomic E-state index is 0.101. The molecule has 0 N–H and O–H groups in total. The van der Waals surface area contributed by atoms with E-state index in [1.165, 1.54) is 11.3 Å². The Bertz CT molecular complexity index is 416. The predicted molar refractivity (Wildman–Crippen MR) is 67.1 cm³/mol. The highest BCUT2D eigenvalue weighted by Gasteiger charge is 2.20. The summed E-state index contributed by atoms with van der Waals surface area (Å²) in [5.41, 5.74) is 0. The van der Waals surface area contributed by atoms with Crippen LogP contribution in [-0.4, -0.2) is 28.5 Å². The van der Waals surface area contributed by atoms with Crippen LogP contribution in [0.2, 0.25) is 0 Å². The summed E-state index contributed by atoms with van der Waals surface area (Å²) < 4.78 is 0. The topological polar surface area (TPSA) is 37.4 Å². The fourth-order valence-corrected chi connectivity index (χ4v) is 3.19. The number of alkyl halides is 1. The molecular weight excluding hydrogens is 290 g/mol. The number of thiophene rings is 1. The van der Waals surface area contributed by atoms with Crippen LogP contribution in [-0.2, 0) is 11.3 Å². The number of halogens is 1. The van der Waals surface area contributed by atoms with Gasteiger partial charge in [0, 0.05) is 17.8 Å². The van der Waals surface area contributed by atoms with Crippen LogP contribution >= 0.6 is 27.3 Å². The van der Waals surface area contributed by atoms with Crippen LogP contribution in [0.5, 0.6) is 0 Å². The Hall–Kier alpha value is -0.680. The number of likely N-dealkylation sites (tertiary alicyclic amines) is 1. The molecule has 0 radical (unpaired) electrons. The van der Waals surface area contributed by atoms with Gasteiger partial charge in [0.1, 0.15) is 0 Å². The van der Waals surface area contributed by atoms with Crippen molar-refractivity contribution in [3.63, 3.8) is 0 Å². The molecule has 1 aliphatic heterocycles. The molecule has 0 aliphatic carbocycles. The highest BCUT2D eigenvalue weighted by Crippen LogP contribution is 2.21. The fourth-order valence-electron chi connectivity index (χ4n) is 1.74. The molecular formula is C11H12BrNO2S. The van der Waals surface area contributed by atoms with Crippen molar-refractivity contribution in [3.05, 3.63) is 21.9 Å². The first-order valence-electron chi connectivity index (χ1n) is 5.16. The molecule has 1 aromatic heterocycles. The van der Waals surface area contributed by atoms with E-state index in [4.69, 9.17) is 0 Å². The molecule has 0 aromatic carbocycles. The third-order valence-corrected chi connectivity index (χ3v) is 4.20. The quantitative estimate of drug-likeness (QED) is 0.633. The van der Waals surface area contributed by atoms with Crippen LogP contribution in [0.25, 0.3) is 0 Å². The van der Waals surface area contributed by atoms with E-state index in [9.17, 15) is 9.59 Å². The number of hydrogen-bond acceptors (Lipinski definition) is 3. The summed E-state index contributed by atoms with van der Waals surface area (Å²) in [6, 6.07) is 3.77. The van der Waals surface area contributed by atoms with E-state index < -0.39 is 0 Å². The van der Waals surface area contributed by atoms with Gasteiger partial charge in [-0.3, -0.25) is 9.59 Å². The number of rotatable bonds is 4. The van der Waals surface area contributed by atoms with Crippen molar-refractivity contribution >= 4 is 39.0 Å². The average Bonchev–Trinajstić information content (AvgIpc) is 2.89. The van der Waals surface area contributed by atoms with Gasteiger partial charge in [0.15, 0.2) is 5.78 Å². The van der Waals surface area contributed by atoms with Gasteiger partial charge in [-0.05, 0) is 18.6 Å². The van der Waals surface area contributed by atoms with E-state index in [0.29, 0.717) is 18.3 Å². The molecule has 2 rings (SSSR count). The average molecular weight is 302 g/mol. The van der Waals surface area contributed by atoms with E-state index >= 15 is 0 Å². The van der Waals surface area contributed by atoms with Gasteiger partial charge in [0.2, 0.25) is 5.91 Å². The highest BCUT2D eigenvalue weighted by atomic mass is 79.9. The second-order valence-corrected chi connectivity index (χ2v) is 5.47. The SMILES string of the molecule is O=C(CBr)c1ccc(CN2CCCC2=O)s1. The normalized spacial score (nSPS) is 15.8. The summed E-state index contributed by atoms with van der Waals surface area (Å²) in [4.78, 5) is 26.5. The summed E-state index contributed by atoms with van der Waals surface area (Å²) in [5, 5.41) is 0.357. The monoisotopic (exact) mass is 301 g/mol. The van der Waals surface area contributed by atoms with Gasteiger partial charge in [0.25, 0.3) is 0 Å². The van der Waals surface area contributed by atoms with Gasteiger partial charge in [-0.2, -0.15) is 0 Å². The van der Waals surface area contributed by atoms with E-state index in [0.717, 1.165) is 22.7 Å². The zero-order valence-corrected chi connectivity index (χ0v) is 11.1. The third kappa shape index (κ3) is 2.52. The second-order valence-electron chi connectivity index (χ2n) is 3.74. The van der Waals surface area contributed by atoms with Crippen molar-refractivity contribution in [1.29, 1.82) is 0 Å². The number of Topliss-reactive ketones (excluding diaryl/α,β-unsaturated/α-hetero) is 1. The van der Waals surface area contributed by atoms with Gasteiger partial charge in [-0.15, -0.1) is 11.3 Å². The molecule has 0 unspecified atom stereocenters. The van der Waals surface area contributed by atoms with Crippen LogP contribution in [0.15, 0.2) is 12.1 Å². The molecule has 86 valence electrons. The van der Waals surface area contributed by atoms with Gasteiger partial charge in [-0.1, -0.05) is 15.9 Å². The van der Waals surface area contributed by atoms with Crippen molar-refractivity contribution < 1.29 is 9.59 Å². The summed E-state index contributed by atoms with van der Waals surface area (Å²) in [6.07, 6.45) is 1.62. The van der Waals surface area contributed by atoms with E-state index in [2.05, 4.69) is 15.9 Å². The number of ketones is 1. The largest absolute Gasteiger partial charge is 0.338 e. The maximum Gasteiger partial charge on any atom is 0.222 e. The standard InChI is InChI=1S/C11H12BrNO2S/c12-6-9(14)10-4-3-8(16-10)7-13-5-1-2-11(13)15/h3-4H,1-2,5-7H2. The Morgan fingerprint density at radius 1 is 1.50 bits per heavy atom. The summed E-state index contributed by atoms with van der Waals surface area (Å²) in [7, 11) is 0. The molecule has 2 heterocycles. The van der Waals surface area contributed by atoms with Crippen molar-refractivity contribution in [2.75, 3.05) is 11.9 Å². The third-order valence-electron chi connectivity index (χ3n) is 2.58. The molecule has 1 aliphatic rings. The first-order valence-corrected chi connectivity index (χ1v) is 7.10. The van der Waals surface area contributed by atoms with Gasteiger partial charge >= 0.3 is 0 Å². The molecule has 0 bridgehead atoms. The maximum absolute atomic E-state index is 11.4. The number of hydrogen-bond donors (Lipinski definition) is 0. The lowest BCUT2D eigenvalue weighted by Crippen LogP contribution is -2.23. The molecule has 5 heteroatoms. The molecule has 0 saturated carbocycles. The van der Waals surface area contributed by atoms with E-state index in [1.807, 2.05) is 17.0 Å². The summed E-state index contributed by atoms with van der Waals surface area (Å²) >= 11 is 4.63. The lowest BCUT2D eigenvalue weighted by molar-refractivity contribution is -0.128. The van der Waals surface area contributed by atoms with Crippen molar-refractivity contribution in [2.45, 2.75) is 19.4 Å². The van der Waals surface area contributed by atoms with Gasteiger partial charge < -0.3 is 4.90 Å². The second kappa shape index (κ2) is 5.10. The molecule has 1 fully saturated rings. The van der Waals surface area contributed by atoms with Gasteiger partial charge in [-0.25, -0.2) is 0 Å². The molecule has 1 saturated heterocycles. The Kier molecular flexibility index (Phi) is 3.76. The molecule has 1 amide bonds. The Balaban J connectivity index is 2.02. The zero-order chi connectivity index (χ0) is 11.5. The molecule has 0 spiro atoms. The van der Waals surface area contributed by atoms with Crippen LogP contribution in [0.1, 0.15) is 27.4 Å². The van der Waals surface area contributed by atoms with Gasteiger partial charge in [0.05, 0.1) is 16.8 Å². The Morgan fingerprint density at radius 2 is 2.31 bits per heavy atom. The van der Waals surface area contributed by atoms with Crippen molar-refractivity contribution in [3.8, 4) is 0 Å². The Morgan fingerprint density at radius 3 is 2.94 bits per heavy atom. The maximum atomic E-state index is 11.4. The molecule has 3 nitrogen and oxygen atoms in total. The van der Waals surface area contributed by atoms with Crippen molar-refractivity contribution in [1.82, 2.24) is 4.90 Å². The lowest BCUT2D eigenvalue weighted by atomic mass is 10.3. The van der Waals surface area contributed by atoms with Crippen molar-refractivity contribution in [2.24, 2.45) is 0 Å². The van der Waals surface area contributed by atoms with Crippen LogP contribution in [0.3, 0.4) is 0 Å². The van der Waals surface area contributed by atoms with E-state index in [1.54, 1.807) is 0 Å². The van der Waals surface area contributed by atoms with Crippen LogP contribution < -0.4 is 0 Å². The smallest absolute Gasteiger partial charge is 0.222 e. The fraction of sp³-hybridized carbons (Fsp3) is 0.455.